The van der Waals surface area contributed by atoms with Gasteiger partial charge < -0.3 is 0 Å². The van der Waals surface area contributed by atoms with Crippen molar-refractivity contribution in [3.8, 4) is 0 Å². The highest BCUT2D eigenvalue weighted by Crippen LogP contribution is 2.25. The van der Waals surface area contributed by atoms with Crippen LogP contribution in [-0.4, -0.2) is 33.2 Å². The summed E-state index contributed by atoms with van der Waals surface area (Å²) in [5, 5.41) is 2.89. The summed E-state index contributed by atoms with van der Waals surface area (Å²) in [5.74, 6) is 1.64. The van der Waals surface area contributed by atoms with Gasteiger partial charge in [0, 0.05) is 46.3 Å². The van der Waals surface area contributed by atoms with Crippen molar-refractivity contribution in [1.82, 2.24) is 4.90 Å². The number of halogens is 1. The summed E-state index contributed by atoms with van der Waals surface area (Å²) in [6.45, 7) is 4.03. The SMILES string of the molecule is C[C@H]1CC[S@@](=O)CCN1Cc1sccc1Cl. The first kappa shape index (κ1) is 12.6. The summed E-state index contributed by atoms with van der Waals surface area (Å²) in [6.07, 6.45) is 1.02. The minimum Gasteiger partial charge on any atom is -0.295 e. The van der Waals surface area contributed by atoms with Gasteiger partial charge in [-0.15, -0.1) is 11.3 Å². The normalized spacial score (nSPS) is 27.9. The fourth-order valence-electron chi connectivity index (χ4n) is 1.88. The van der Waals surface area contributed by atoms with E-state index >= 15 is 0 Å². The minimum absolute atomic E-state index is 0.504. The van der Waals surface area contributed by atoms with E-state index in [9.17, 15) is 4.21 Å². The fourth-order valence-corrected chi connectivity index (χ4v) is 4.25. The van der Waals surface area contributed by atoms with Gasteiger partial charge in [0.15, 0.2) is 0 Å². The lowest BCUT2D eigenvalue weighted by atomic mass is 10.2. The predicted octanol–water partition coefficient (Wildman–Crippen LogP) is 2.74. The minimum atomic E-state index is -0.624. The molecule has 1 aliphatic rings. The van der Waals surface area contributed by atoms with Crippen LogP contribution in [0, 0.1) is 0 Å². The molecule has 0 bridgehead atoms. The van der Waals surface area contributed by atoms with Gasteiger partial charge in [0.25, 0.3) is 0 Å². The molecular formula is C11H16ClNOS2. The molecule has 0 N–H and O–H groups in total. The molecule has 0 radical (unpaired) electrons. The maximum absolute atomic E-state index is 11.5. The van der Waals surface area contributed by atoms with Gasteiger partial charge in [0.05, 0.1) is 5.02 Å². The van der Waals surface area contributed by atoms with Gasteiger partial charge in [-0.2, -0.15) is 0 Å². The zero-order chi connectivity index (χ0) is 11.5. The first-order valence-electron chi connectivity index (χ1n) is 5.47. The Labute approximate surface area is 108 Å². The molecule has 5 heteroatoms. The van der Waals surface area contributed by atoms with E-state index in [0.717, 1.165) is 36.0 Å². The molecule has 0 spiro atoms. The van der Waals surface area contributed by atoms with Gasteiger partial charge >= 0.3 is 0 Å². The largest absolute Gasteiger partial charge is 0.295 e. The van der Waals surface area contributed by atoms with Crippen LogP contribution in [-0.2, 0) is 17.3 Å². The molecule has 2 heterocycles. The summed E-state index contributed by atoms with van der Waals surface area (Å²) in [7, 11) is -0.624. The van der Waals surface area contributed by atoms with Crippen LogP contribution < -0.4 is 0 Å². The van der Waals surface area contributed by atoms with E-state index in [2.05, 4.69) is 11.8 Å². The molecule has 2 rings (SSSR count). The van der Waals surface area contributed by atoms with Crippen LogP contribution in [0.3, 0.4) is 0 Å². The number of hydrogen-bond donors (Lipinski definition) is 0. The Morgan fingerprint density at radius 2 is 2.44 bits per heavy atom. The third kappa shape index (κ3) is 3.06. The topological polar surface area (TPSA) is 20.3 Å². The van der Waals surface area contributed by atoms with Crippen LogP contribution in [0.25, 0.3) is 0 Å². The predicted molar refractivity (Wildman–Crippen MR) is 71.7 cm³/mol. The Morgan fingerprint density at radius 3 is 3.12 bits per heavy atom. The second-order valence-corrected chi connectivity index (χ2v) is 7.25. The van der Waals surface area contributed by atoms with Crippen molar-refractivity contribution in [1.29, 1.82) is 0 Å². The van der Waals surface area contributed by atoms with E-state index in [1.54, 1.807) is 11.3 Å². The lowest BCUT2D eigenvalue weighted by molar-refractivity contribution is 0.214. The van der Waals surface area contributed by atoms with Crippen LogP contribution in [0.5, 0.6) is 0 Å². The van der Waals surface area contributed by atoms with Crippen molar-refractivity contribution < 1.29 is 4.21 Å². The van der Waals surface area contributed by atoms with Gasteiger partial charge in [-0.25, -0.2) is 0 Å². The average molecular weight is 278 g/mol. The molecule has 2 atom stereocenters. The van der Waals surface area contributed by atoms with Crippen LogP contribution in [0.4, 0.5) is 0 Å². The van der Waals surface area contributed by atoms with Crippen LogP contribution >= 0.6 is 22.9 Å². The summed E-state index contributed by atoms with van der Waals surface area (Å²) in [5.41, 5.74) is 0. The second kappa shape index (κ2) is 5.63. The molecule has 1 aromatic heterocycles. The van der Waals surface area contributed by atoms with Crippen molar-refractivity contribution in [2.45, 2.75) is 25.9 Å². The van der Waals surface area contributed by atoms with E-state index in [0.29, 0.717) is 6.04 Å². The Kier molecular flexibility index (Phi) is 4.41. The molecule has 90 valence electrons. The Morgan fingerprint density at radius 1 is 1.62 bits per heavy atom. The molecule has 1 saturated heterocycles. The average Bonchev–Trinajstić information content (AvgIpc) is 2.59. The van der Waals surface area contributed by atoms with Crippen molar-refractivity contribution >= 4 is 33.7 Å². The highest BCUT2D eigenvalue weighted by Gasteiger charge is 2.20. The van der Waals surface area contributed by atoms with Gasteiger partial charge in [-0.1, -0.05) is 11.6 Å². The summed E-state index contributed by atoms with van der Waals surface area (Å²) < 4.78 is 11.5. The van der Waals surface area contributed by atoms with E-state index in [-0.39, 0.29) is 0 Å². The third-order valence-corrected chi connectivity index (χ3v) is 5.73. The van der Waals surface area contributed by atoms with Crippen molar-refractivity contribution in [3.63, 3.8) is 0 Å². The lowest BCUT2D eigenvalue weighted by Crippen LogP contribution is -2.33. The molecule has 0 unspecified atom stereocenters. The molecule has 1 aromatic rings. The van der Waals surface area contributed by atoms with Crippen LogP contribution in [0.15, 0.2) is 11.4 Å². The van der Waals surface area contributed by atoms with Gasteiger partial charge in [0.2, 0.25) is 0 Å². The molecule has 0 amide bonds. The lowest BCUT2D eigenvalue weighted by Gasteiger charge is -2.25. The summed E-state index contributed by atoms with van der Waals surface area (Å²) >= 11 is 7.80. The monoisotopic (exact) mass is 277 g/mol. The maximum atomic E-state index is 11.5. The van der Waals surface area contributed by atoms with Crippen LogP contribution in [0.1, 0.15) is 18.2 Å². The molecule has 1 fully saturated rings. The Hall–Kier alpha value is 0.1000. The molecule has 0 aliphatic carbocycles. The zero-order valence-corrected chi connectivity index (χ0v) is 11.7. The third-order valence-electron chi connectivity index (χ3n) is 3.03. The van der Waals surface area contributed by atoms with E-state index in [1.165, 1.54) is 4.88 Å². The summed E-state index contributed by atoms with van der Waals surface area (Å²) in [6, 6.07) is 2.45. The number of hydrogen-bond acceptors (Lipinski definition) is 3. The van der Waals surface area contributed by atoms with Crippen molar-refractivity contribution in [2.24, 2.45) is 0 Å². The second-order valence-electron chi connectivity index (χ2n) is 4.15. The fraction of sp³-hybridized carbons (Fsp3) is 0.636. The zero-order valence-electron chi connectivity index (χ0n) is 9.32. The highest BCUT2D eigenvalue weighted by atomic mass is 35.5. The maximum Gasteiger partial charge on any atom is 0.0558 e. The van der Waals surface area contributed by atoms with Crippen molar-refractivity contribution in [2.75, 3.05) is 18.1 Å². The van der Waals surface area contributed by atoms with E-state index < -0.39 is 10.8 Å². The standard InChI is InChI=1S/C11H16ClNOS2/c1-9-3-6-16(14)7-4-13(9)8-11-10(12)2-5-15-11/h2,5,9H,3-4,6-8H2,1H3/t9-,16+/m0/s1. The Balaban J connectivity index is 2.03. The highest BCUT2D eigenvalue weighted by molar-refractivity contribution is 7.85. The molecule has 0 saturated carbocycles. The summed E-state index contributed by atoms with van der Waals surface area (Å²) in [4.78, 5) is 3.61. The van der Waals surface area contributed by atoms with Crippen molar-refractivity contribution in [3.05, 3.63) is 21.3 Å². The molecule has 0 aromatic carbocycles. The smallest absolute Gasteiger partial charge is 0.0558 e. The van der Waals surface area contributed by atoms with Gasteiger partial charge in [-0.3, -0.25) is 9.11 Å². The van der Waals surface area contributed by atoms with E-state index in [4.69, 9.17) is 11.6 Å². The number of nitrogens with zero attached hydrogens (tertiary/aromatic N) is 1. The van der Waals surface area contributed by atoms with E-state index in [1.807, 2.05) is 11.4 Å². The van der Waals surface area contributed by atoms with Gasteiger partial charge in [-0.05, 0) is 24.8 Å². The number of rotatable bonds is 2. The van der Waals surface area contributed by atoms with Gasteiger partial charge in [0.1, 0.15) is 0 Å². The molecule has 16 heavy (non-hydrogen) atoms. The Bertz CT molecular complexity index is 380. The van der Waals surface area contributed by atoms with Crippen LogP contribution in [0.2, 0.25) is 5.02 Å². The first-order valence-corrected chi connectivity index (χ1v) is 8.22. The first-order chi connectivity index (χ1) is 7.66. The number of thiophene rings is 1. The quantitative estimate of drug-likeness (QED) is 0.829. The molecular weight excluding hydrogens is 262 g/mol. The molecule has 2 nitrogen and oxygen atoms in total. The molecule has 1 aliphatic heterocycles.